The predicted octanol–water partition coefficient (Wildman–Crippen LogP) is 3.43. The Bertz CT molecular complexity index is 1290. The maximum atomic E-state index is 13.0. The molecule has 1 aliphatic heterocycles. The van der Waals surface area contributed by atoms with Crippen LogP contribution in [0.1, 0.15) is 12.0 Å². The Balaban J connectivity index is 1.27. The van der Waals surface area contributed by atoms with Gasteiger partial charge in [-0.3, -0.25) is 4.98 Å². The molecule has 0 radical (unpaired) electrons. The van der Waals surface area contributed by atoms with Gasteiger partial charge in [0.25, 0.3) is 0 Å². The first-order valence-electron chi connectivity index (χ1n) is 12.1. The Kier molecular flexibility index (Phi) is 9.03. The Labute approximate surface area is 218 Å². The van der Waals surface area contributed by atoms with Crippen molar-refractivity contribution in [3.63, 3.8) is 0 Å². The zero-order valence-electron chi connectivity index (χ0n) is 20.7. The van der Waals surface area contributed by atoms with Crippen molar-refractivity contribution in [1.82, 2.24) is 19.5 Å². The lowest BCUT2D eigenvalue weighted by molar-refractivity contribution is 0.260. The van der Waals surface area contributed by atoms with Gasteiger partial charge in [0.05, 0.1) is 29.7 Å². The van der Waals surface area contributed by atoms with Crippen molar-refractivity contribution >= 4 is 32.5 Å². The Morgan fingerprint density at radius 2 is 1.72 bits per heavy atom. The number of nitrogens with zero attached hydrogens (tertiary/aromatic N) is 3. The van der Waals surface area contributed by atoms with Crippen LogP contribution in [-0.4, -0.2) is 83.2 Å². The zero-order chi connectivity index (χ0) is 25.5. The molecule has 3 aromatic rings. The van der Waals surface area contributed by atoms with E-state index < -0.39 is 10.0 Å². The number of sulfonamides is 1. The molecule has 10 heteroatoms. The topological polar surface area (TPSA) is 84.0 Å². The summed E-state index contributed by atoms with van der Waals surface area (Å²) in [5, 5.41) is 0.960. The maximum absolute atomic E-state index is 13.0. The summed E-state index contributed by atoms with van der Waals surface area (Å²) in [6.45, 7) is 5.80. The number of aromatic nitrogens is 1. The van der Waals surface area contributed by atoms with Crippen LogP contribution < -0.4 is 14.2 Å². The summed E-state index contributed by atoms with van der Waals surface area (Å²) in [6.07, 6.45) is 3.59. The summed E-state index contributed by atoms with van der Waals surface area (Å²) < 4.78 is 39.5. The molecular formula is C26H33ClN4O4S. The molecule has 1 aromatic heterocycles. The fraction of sp³-hybridized carbons (Fsp3) is 0.423. The molecule has 1 N–H and O–H groups in total. The molecule has 0 unspecified atom stereocenters. The number of pyridine rings is 1. The van der Waals surface area contributed by atoms with E-state index >= 15 is 0 Å². The van der Waals surface area contributed by atoms with Gasteiger partial charge in [0.1, 0.15) is 0 Å². The van der Waals surface area contributed by atoms with Gasteiger partial charge < -0.3 is 19.3 Å². The van der Waals surface area contributed by atoms with Crippen molar-refractivity contribution < 1.29 is 17.9 Å². The van der Waals surface area contributed by atoms with Gasteiger partial charge in [-0.15, -0.1) is 0 Å². The van der Waals surface area contributed by atoms with Crippen molar-refractivity contribution in [3.8, 4) is 11.5 Å². The van der Waals surface area contributed by atoms with Crippen molar-refractivity contribution in [2.75, 3.05) is 60.0 Å². The summed E-state index contributed by atoms with van der Waals surface area (Å²) in [5.74, 6) is 1.49. The highest BCUT2D eigenvalue weighted by atomic mass is 35.5. The first-order chi connectivity index (χ1) is 17.4. The molecule has 0 atom stereocenters. The van der Waals surface area contributed by atoms with Crippen molar-refractivity contribution in [2.45, 2.75) is 17.7 Å². The van der Waals surface area contributed by atoms with Crippen LogP contribution in [0.2, 0.25) is 5.02 Å². The lowest BCUT2D eigenvalue weighted by atomic mass is 10.1. The van der Waals surface area contributed by atoms with Crippen molar-refractivity contribution in [3.05, 3.63) is 59.2 Å². The Hall–Kier alpha value is -2.43. The number of ether oxygens (including phenoxy) is 2. The third-order valence-electron chi connectivity index (χ3n) is 6.54. The summed E-state index contributed by atoms with van der Waals surface area (Å²) in [7, 11) is -0.385. The SMILES string of the molecule is COc1ccc(CCN2CCCN(CCNS(=O)(=O)c3ccc(Cl)c4ncccc34)CC2)cc1OC. The Morgan fingerprint density at radius 1 is 0.972 bits per heavy atom. The van der Waals surface area contributed by atoms with Crippen LogP contribution in [0.15, 0.2) is 53.6 Å². The van der Waals surface area contributed by atoms with E-state index in [-0.39, 0.29) is 4.90 Å². The highest BCUT2D eigenvalue weighted by Crippen LogP contribution is 2.28. The summed E-state index contributed by atoms with van der Waals surface area (Å²) >= 11 is 6.20. The van der Waals surface area contributed by atoms with E-state index in [1.165, 1.54) is 11.6 Å². The second-order valence-corrected chi connectivity index (χ2v) is 11.0. The van der Waals surface area contributed by atoms with Crippen molar-refractivity contribution in [2.24, 2.45) is 0 Å². The van der Waals surface area contributed by atoms with Crippen LogP contribution in [-0.2, 0) is 16.4 Å². The number of benzene rings is 2. The van der Waals surface area contributed by atoms with Gasteiger partial charge in [-0.2, -0.15) is 0 Å². The van der Waals surface area contributed by atoms with E-state index in [0.717, 1.165) is 57.1 Å². The number of halogens is 1. The number of nitrogens with one attached hydrogen (secondary N) is 1. The molecule has 1 fully saturated rings. The molecule has 0 amide bonds. The van der Waals surface area contributed by atoms with Gasteiger partial charge in [0.2, 0.25) is 10.0 Å². The number of fused-ring (bicyclic) bond motifs is 1. The quantitative estimate of drug-likeness (QED) is 0.428. The smallest absolute Gasteiger partial charge is 0.241 e. The number of hydrogen-bond acceptors (Lipinski definition) is 7. The van der Waals surface area contributed by atoms with Gasteiger partial charge in [-0.1, -0.05) is 17.7 Å². The minimum atomic E-state index is -3.68. The predicted molar refractivity (Wildman–Crippen MR) is 143 cm³/mol. The van der Waals surface area contributed by atoms with Crippen LogP contribution in [0.3, 0.4) is 0 Å². The van der Waals surface area contributed by atoms with Crippen molar-refractivity contribution in [1.29, 1.82) is 0 Å². The number of rotatable bonds is 10. The third-order valence-corrected chi connectivity index (χ3v) is 8.36. The molecule has 2 aromatic carbocycles. The molecule has 0 saturated carbocycles. The molecule has 1 aliphatic rings. The van der Waals surface area contributed by atoms with Crippen LogP contribution in [0.4, 0.5) is 0 Å². The molecule has 194 valence electrons. The zero-order valence-corrected chi connectivity index (χ0v) is 22.3. The molecule has 0 bridgehead atoms. The lowest BCUT2D eigenvalue weighted by Gasteiger charge is -2.22. The summed E-state index contributed by atoms with van der Waals surface area (Å²) in [5.41, 5.74) is 1.70. The molecule has 0 aliphatic carbocycles. The molecular weight excluding hydrogens is 500 g/mol. The average molecular weight is 533 g/mol. The first kappa shape index (κ1) is 26.6. The van der Waals surface area contributed by atoms with E-state index in [9.17, 15) is 8.42 Å². The van der Waals surface area contributed by atoms with Crippen LogP contribution >= 0.6 is 11.6 Å². The first-order valence-corrected chi connectivity index (χ1v) is 14.0. The average Bonchev–Trinajstić information content (AvgIpc) is 3.12. The summed E-state index contributed by atoms with van der Waals surface area (Å²) in [4.78, 5) is 9.21. The van der Waals surface area contributed by atoms with Gasteiger partial charge in [0.15, 0.2) is 11.5 Å². The number of hydrogen-bond donors (Lipinski definition) is 1. The maximum Gasteiger partial charge on any atom is 0.241 e. The molecule has 36 heavy (non-hydrogen) atoms. The molecule has 1 saturated heterocycles. The van der Waals surface area contributed by atoms with Gasteiger partial charge >= 0.3 is 0 Å². The van der Waals surface area contributed by atoms with E-state index in [2.05, 4.69) is 25.6 Å². The van der Waals surface area contributed by atoms with E-state index in [1.807, 2.05) is 12.1 Å². The van der Waals surface area contributed by atoms with Crippen LogP contribution in [0.25, 0.3) is 10.9 Å². The second kappa shape index (κ2) is 12.2. The molecule has 0 spiro atoms. The largest absolute Gasteiger partial charge is 0.493 e. The van der Waals surface area contributed by atoms with E-state index in [1.54, 1.807) is 38.6 Å². The molecule has 8 nitrogen and oxygen atoms in total. The van der Waals surface area contributed by atoms with Gasteiger partial charge in [-0.25, -0.2) is 13.1 Å². The molecule has 4 rings (SSSR count). The van der Waals surface area contributed by atoms with Gasteiger partial charge in [-0.05, 0) is 67.9 Å². The van der Waals surface area contributed by atoms with Gasteiger partial charge in [0, 0.05) is 44.3 Å². The van der Waals surface area contributed by atoms with E-state index in [4.69, 9.17) is 21.1 Å². The fourth-order valence-electron chi connectivity index (χ4n) is 4.56. The number of methoxy groups -OCH3 is 2. The van der Waals surface area contributed by atoms with Crippen LogP contribution in [0, 0.1) is 0 Å². The monoisotopic (exact) mass is 532 g/mol. The Morgan fingerprint density at radius 3 is 2.47 bits per heavy atom. The summed E-state index contributed by atoms with van der Waals surface area (Å²) in [6, 6.07) is 12.6. The second-order valence-electron chi connectivity index (χ2n) is 8.82. The highest BCUT2D eigenvalue weighted by molar-refractivity contribution is 7.89. The standard InChI is InChI=1S/C26H33ClN4O4S/c1-34-23-8-6-20(19-24(23)35-2)10-15-30-13-4-14-31(18-17-30)16-12-29-36(32,33)25-9-7-22(27)26-21(25)5-3-11-28-26/h3,5-9,11,19,29H,4,10,12-18H2,1-2H3. The lowest BCUT2D eigenvalue weighted by Crippen LogP contribution is -2.37. The molecule has 2 heterocycles. The third kappa shape index (κ3) is 6.46. The minimum Gasteiger partial charge on any atom is -0.493 e. The highest BCUT2D eigenvalue weighted by Gasteiger charge is 2.20. The minimum absolute atomic E-state index is 0.201. The van der Waals surface area contributed by atoms with Crippen LogP contribution in [0.5, 0.6) is 11.5 Å². The van der Waals surface area contributed by atoms with E-state index in [0.29, 0.717) is 29.0 Å². The normalized spacial score (nSPS) is 15.6. The fourth-order valence-corrected chi connectivity index (χ4v) is 5.99.